The predicted octanol–water partition coefficient (Wildman–Crippen LogP) is 3.77. The number of benzene rings is 2. The lowest BCUT2D eigenvalue weighted by Gasteiger charge is -2.20. The Morgan fingerprint density at radius 3 is 1.28 bits per heavy atom. The minimum absolute atomic E-state index is 0.755. The van der Waals surface area contributed by atoms with Crippen LogP contribution in [0.4, 0.5) is 0 Å². The van der Waals surface area contributed by atoms with Crippen LogP contribution in [0.1, 0.15) is 13.8 Å². The van der Waals surface area contributed by atoms with Crippen LogP contribution in [0.15, 0.2) is 60.7 Å². The van der Waals surface area contributed by atoms with Gasteiger partial charge in [0.25, 0.3) is 0 Å². The van der Waals surface area contributed by atoms with Gasteiger partial charge in [0, 0.05) is 0 Å². The maximum atomic E-state index is 2.38. The highest BCUT2D eigenvalue weighted by Crippen LogP contribution is 2.31. The highest BCUT2D eigenvalue weighted by atomic mass is 31.1. The Labute approximate surface area is 114 Å². The quantitative estimate of drug-likeness (QED) is 0.728. The molecule has 0 aromatic heterocycles. The molecule has 0 N–H and O–H groups in total. The molecule has 18 heavy (non-hydrogen) atoms. The first-order chi connectivity index (χ1) is 8.75. The predicted molar refractivity (Wildman–Crippen MR) is 87.7 cm³/mol. The van der Waals surface area contributed by atoms with Crippen LogP contribution < -0.4 is 10.6 Å². The molecule has 4 unspecified atom stereocenters. The van der Waals surface area contributed by atoms with Crippen LogP contribution in [0.2, 0.25) is 0 Å². The van der Waals surface area contributed by atoms with Gasteiger partial charge in [-0.05, 0) is 21.9 Å². The van der Waals surface area contributed by atoms with Crippen molar-refractivity contribution in [3.8, 4) is 0 Å². The zero-order chi connectivity index (χ0) is 12.8. The highest BCUT2D eigenvalue weighted by Gasteiger charge is 2.13. The van der Waals surface area contributed by atoms with E-state index in [4.69, 9.17) is 0 Å². The summed E-state index contributed by atoms with van der Waals surface area (Å²) in [7, 11) is 1.83. The molecule has 0 amide bonds. The molecule has 0 nitrogen and oxygen atoms in total. The summed E-state index contributed by atoms with van der Waals surface area (Å²) < 4.78 is 0. The summed E-state index contributed by atoms with van der Waals surface area (Å²) in [4.78, 5) is 0. The van der Waals surface area contributed by atoms with Crippen LogP contribution in [0.25, 0.3) is 0 Å². The summed E-state index contributed by atoms with van der Waals surface area (Å²) in [6, 6.07) is 21.7. The normalized spacial score (nSPS) is 15.4. The second kappa shape index (κ2) is 7.03. The summed E-state index contributed by atoms with van der Waals surface area (Å²) >= 11 is 0. The fraction of sp³-hybridized carbons (Fsp3) is 0.250. The third-order valence-corrected chi connectivity index (χ3v) is 6.66. The summed E-state index contributed by atoms with van der Waals surface area (Å²) in [5.41, 5.74) is 1.51. The molecule has 0 saturated heterocycles. The Balaban J connectivity index is 1.91. The van der Waals surface area contributed by atoms with Crippen LogP contribution in [0.3, 0.4) is 0 Å². The monoisotopic (exact) mass is 274 g/mol. The molecule has 0 fully saturated rings. The fourth-order valence-corrected chi connectivity index (χ4v) is 4.67. The van der Waals surface area contributed by atoms with Crippen LogP contribution in [0.5, 0.6) is 0 Å². The maximum Gasteiger partial charge on any atom is -0.0159 e. The van der Waals surface area contributed by atoms with E-state index in [-0.39, 0.29) is 0 Å². The van der Waals surface area contributed by atoms with Gasteiger partial charge in [-0.15, -0.1) is 0 Å². The molecule has 0 saturated carbocycles. The SMILES string of the molecule is CC(Pc1ccccc1)C(C)Pc1ccccc1. The molecule has 0 heterocycles. The van der Waals surface area contributed by atoms with Crippen molar-refractivity contribution < 1.29 is 0 Å². The Kier molecular flexibility index (Phi) is 5.36. The van der Waals surface area contributed by atoms with Crippen molar-refractivity contribution in [2.75, 3.05) is 0 Å². The Hall–Kier alpha value is -0.700. The van der Waals surface area contributed by atoms with E-state index in [0.717, 1.165) is 28.5 Å². The van der Waals surface area contributed by atoms with E-state index in [2.05, 4.69) is 74.5 Å². The molecule has 0 aliphatic heterocycles. The first-order valence-electron chi connectivity index (χ1n) is 6.39. The van der Waals surface area contributed by atoms with Gasteiger partial charge in [0.15, 0.2) is 0 Å². The number of hydrogen-bond acceptors (Lipinski definition) is 0. The molecule has 0 bridgehead atoms. The van der Waals surface area contributed by atoms with Crippen molar-refractivity contribution in [2.24, 2.45) is 0 Å². The smallest absolute Gasteiger partial charge is 0.0159 e. The molecule has 2 aromatic carbocycles. The van der Waals surface area contributed by atoms with Gasteiger partial charge in [-0.2, -0.15) is 0 Å². The van der Waals surface area contributed by atoms with Crippen molar-refractivity contribution in [3.63, 3.8) is 0 Å². The van der Waals surface area contributed by atoms with E-state index >= 15 is 0 Å². The van der Waals surface area contributed by atoms with Gasteiger partial charge in [-0.3, -0.25) is 0 Å². The van der Waals surface area contributed by atoms with E-state index in [9.17, 15) is 0 Å². The zero-order valence-corrected chi connectivity index (χ0v) is 12.9. The first kappa shape index (κ1) is 13.7. The van der Waals surface area contributed by atoms with Gasteiger partial charge in [-0.1, -0.05) is 91.7 Å². The molecule has 94 valence electrons. The van der Waals surface area contributed by atoms with E-state index < -0.39 is 0 Å². The maximum absolute atomic E-state index is 2.38. The highest BCUT2D eigenvalue weighted by molar-refractivity contribution is 7.52. The van der Waals surface area contributed by atoms with Gasteiger partial charge in [-0.25, -0.2) is 0 Å². The molecule has 2 rings (SSSR count). The molecule has 0 aliphatic rings. The number of rotatable bonds is 5. The van der Waals surface area contributed by atoms with Gasteiger partial charge < -0.3 is 0 Å². The summed E-state index contributed by atoms with van der Waals surface area (Å²) in [5.74, 6) is 0. The van der Waals surface area contributed by atoms with Gasteiger partial charge in [0.05, 0.1) is 0 Å². The zero-order valence-electron chi connectivity index (χ0n) is 10.9. The van der Waals surface area contributed by atoms with Crippen molar-refractivity contribution in [3.05, 3.63) is 60.7 Å². The molecular formula is C16H20P2. The minimum atomic E-state index is 0.755. The Bertz CT molecular complexity index is 408. The lowest BCUT2D eigenvalue weighted by atomic mass is 10.3. The Morgan fingerprint density at radius 2 is 0.944 bits per heavy atom. The summed E-state index contributed by atoms with van der Waals surface area (Å²) in [6.45, 7) is 4.76. The van der Waals surface area contributed by atoms with Crippen molar-refractivity contribution in [1.82, 2.24) is 0 Å². The largest absolute Gasteiger partial charge is 0.0869 e. The van der Waals surface area contributed by atoms with Crippen LogP contribution >= 0.6 is 17.2 Å². The van der Waals surface area contributed by atoms with Gasteiger partial charge in [0.2, 0.25) is 0 Å². The van der Waals surface area contributed by atoms with E-state index in [1.54, 1.807) is 0 Å². The lowest BCUT2D eigenvalue weighted by molar-refractivity contribution is 0.921. The topological polar surface area (TPSA) is 0 Å². The average Bonchev–Trinajstić information content (AvgIpc) is 2.41. The minimum Gasteiger partial charge on any atom is -0.0869 e. The second-order valence-corrected chi connectivity index (χ2v) is 8.15. The fourth-order valence-electron chi connectivity index (χ4n) is 1.84. The van der Waals surface area contributed by atoms with Crippen LogP contribution in [0, 0.1) is 0 Å². The van der Waals surface area contributed by atoms with Gasteiger partial charge >= 0.3 is 0 Å². The molecule has 0 spiro atoms. The second-order valence-electron chi connectivity index (χ2n) is 4.60. The van der Waals surface area contributed by atoms with Gasteiger partial charge in [0.1, 0.15) is 0 Å². The third-order valence-electron chi connectivity index (χ3n) is 3.09. The van der Waals surface area contributed by atoms with Crippen LogP contribution in [-0.2, 0) is 0 Å². The van der Waals surface area contributed by atoms with E-state index in [1.807, 2.05) is 0 Å². The third kappa shape index (κ3) is 4.20. The Morgan fingerprint density at radius 1 is 0.611 bits per heavy atom. The standard InChI is InChI=1S/C16H20P2/c1-13(17-15-9-5-3-6-10-15)14(2)18-16-11-7-4-8-12-16/h3-14,17-18H,1-2H3. The van der Waals surface area contributed by atoms with E-state index in [0.29, 0.717) is 0 Å². The lowest BCUT2D eigenvalue weighted by Crippen LogP contribution is -2.16. The number of hydrogen-bond donors (Lipinski definition) is 0. The van der Waals surface area contributed by atoms with Crippen LogP contribution in [-0.4, -0.2) is 11.3 Å². The average molecular weight is 274 g/mol. The van der Waals surface area contributed by atoms with Crippen molar-refractivity contribution in [1.29, 1.82) is 0 Å². The van der Waals surface area contributed by atoms with E-state index in [1.165, 1.54) is 10.6 Å². The molecule has 2 heteroatoms. The molecule has 4 atom stereocenters. The first-order valence-corrected chi connectivity index (χ1v) is 8.54. The molecule has 0 aliphatic carbocycles. The molecule has 2 aromatic rings. The summed E-state index contributed by atoms with van der Waals surface area (Å²) in [6.07, 6.45) is 0. The van der Waals surface area contributed by atoms with Crippen molar-refractivity contribution >= 4 is 27.8 Å². The molecular weight excluding hydrogens is 254 g/mol. The molecule has 0 radical (unpaired) electrons. The van der Waals surface area contributed by atoms with Crippen molar-refractivity contribution in [2.45, 2.75) is 25.2 Å². The summed E-state index contributed by atoms with van der Waals surface area (Å²) in [5, 5.41) is 2.96.